The summed E-state index contributed by atoms with van der Waals surface area (Å²) < 4.78 is 27.4. The Balaban J connectivity index is 1.98. The minimum Gasteiger partial charge on any atom is -0.508 e. The first-order valence-electron chi connectivity index (χ1n) is 6.18. The Labute approximate surface area is 128 Å². The molecule has 0 aliphatic heterocycles. The van der Waals surface area contributed by atoms with E-state index in [1.54, 1.807) is 12.1 Å². The van der Waals surface area contributed by atoms with Crippen LogP contribution < -0.4 is 5.32 Å². The van der Waals surface area contributed by atoms with Gasteiger partial charge in [-0.05, 0) is 36.2 Å². The zero-order valence-corrected chi connectivity index (χ0v) is 12.5. The van der Waals surface area contributed by atoms with Crippen LogP contribution in [0.3, 0.4) is 0 Å². The number of phenolic OH excluding ortho intramolecular Hbond substituents is 1. The van der Waals surface area contributed by atoms with E-state index in [9.17, 15) is 13.6 Å². The minimum absolute atomic E-state index is 0.154. The molecule has 1 amide bonds. The zero-order chi connectivity index (χ0) is 15.4. The van der Waals surface area contributed by atoms with Gasteiger partial charge in [0.1, 0.15) is 22.9 Å². The van der Waals surface area contributed by atoms with Crippen LogP contribution in [-0.4, -0.2) is 17.6 Å². The summed E-state index contributed by atoms with van der Waals surface area (Å²) in [5.41, 5.74) is 0.300. The van der Waals surface area contributed by atoms with E-state index in [2.05, 4.69) is 21.2 Å². The molecule has 0 atom stereocenters. The standard InChI is InChI=1S/C15H12BrF2NO2/c16-10-7-12(17)14(13(18)8-10)15(21)19-6-5-9-1-3-11(20)4-2-9/h1-4,7-8,20H,5-6H2,(H,19,21). The molecule has 2 rings (SSSR count). The first-order valence-corrected chi connectivity index (χ1v) is 6.97. The van der Waals surface area contributed by atoms with Gasteiger partial charge < -0.3 is 10.4 Å². The van der Waals surface area contributed by atoms with Crippen molar-refractivity contribution in [1.82, 2.24) is 5.32 Å². The summed E-state index contributed by atoms with van der Waals surface area (Å²) in [5, 5.41) is 11.6. The van der Waals surface area contributed by atoms with Gasteiger partial charge in [0.15, 0.2) is 0 Å². The van der Waals surface area contributed by atoms with E-state index in [1.165, 1.54) is 12.1 Å². The van der Waals surface area contributed by atoms with Crippen molar-refractivity contribution < 1.29 is 18.7 Å². The molecule has 0 fully saturated rings. The lowest BCUT2D eigenvalue weighted by Gasteiger charge is -2.08. The van der Waals surface area contributed by atoms with Gasteiger partial charge in [-0.2, -0.15) is 0 Å². The number of hydrogen-bond acceptors (Lipinski definition) is 2. The number of aromatic hydroxyl groups is 1. The van der Waals surface area contributed by atoms with Gasteiger partial charge in [0.05, 0.1) is 0 Å². The van der Waals surface area contributed by atoms with Gasteiger partial charge in [-0.1, -0.05) is 28.1 Å². The molecule has 2 aromatic rings. The summed E-state index contributed by atoms with van der Waals surface area (Å²) in [7, 11) is 0. The molecule has 3 nitrogen and oxygen atoms in total. The normalized spacial score (nSPS) is 10.4. The van der Waals surface area contributed by atoms with Gasteiger partial charge in [0, 0.05) is 11.0 Å². The average Bonchev–Trinajstić information content (AvgIpc) is 2.40. The van der Waals surface area contributed by atoms with Crippen LogP contribution in [0.4, 0.5) is 8.78 Å². The van der Waals surface area contributed by atoms with Crippen molar-refractivity contribution in [2.45, 2.75) is 6.42 Å². The average molecular weight is 356 g/mol. The lowest BCUT2D eigenvalue weighted by atomic mass is 10.1. The number of benzene rings is 2. The number of carbonyl (C=O) groups is 1. The summed E-state index contributed by atoms with van der Waals surface area (Å²) in [4.78, 5) is 11.8. The number of carbonyl (C=O) groups excluding carboxylic acids is 1. The molecular weight excluding hydrogens is 344 g/mol. The Kier molecular flexibility index (Phi) is 4.90. The van der Waals surface area contributed by atoms with E-state index in [1.807, 2.05) is 0 Å². The molecule has 0 radical (unpaired) electrons. The molecule has 0 bridgehead atoms. The third kappa shape index (κ3) is 4.01. The van der Waals surface area contributed by atoms with Crippen molar-refractivity contribution in [1.29, 1.82) is 0 Å². The number of hydrogen-bond donors (Lipinski definition) is 2. The Morgan fingerprint density at radius 1 is 1.14 bits per heavy atom. The van der Waals surface area contributed by atoms with E-state index in [-0.39, 0.29) is 16.8 Å². The summed E-state index contributed by atoms with van der Waals surface area (Å²) in [5.74, 6) is -2.47. The van der Waals surface area contributed by atoms with E-state index in [4.69, 9.17) is 5.11 Å². The highest BCUT2D eigenvalue weighted by atomic mass is 79.9. The number of phenols is 1. The maximum atomic E-state index is 13.6. The molecule has 110 valence electrons. The van der Waals surface area contributed by atoms with Crippen molar-refractivity contribution in [3.63, 3.8) is 0 Å². The summed E-state index contributed by atoms with van der Waals surface area (Å²) in [6.07, 6.45) is 0.492. The third-order valence-electron chi connectivity index (χ3n) is 2.87. The minimum atomic E-state index is -0.913. The maximum Gasteiger partial charge on any atom is 0.257 e. The highest BCUT2D eigenvalue weighted by Gasteiger charge is 2.17. The second-order valence-electron chi connectivity index (χ2n) is 4.42. The zero-order valence-electron chi connectivity index (χ0n) is 10.9. The third-order valence-corrected chi connectivity index (χ3v) is 3.33. The number of halogens is 3. The highest BCUT2D eigenvalue weighted by molar-refractivity contribution is 9.10. The van der Waals surface area contributed by atoms with Crippen molar-refractivity contribution >= 4 is 21.8 Å². The Morgan fingerprint density at radius 3 is 2.29 bits per heavy atom. The van der Waals surface area contributed by atoms with Crippen LogP contribution in [0.25, 0.3) is 0 Å². The first-order chi connectivity index (χ1) is 9.97. The quantitative estimate of drug-likeness (QED) is 0.882. The molecule has 2 N–H and O–H groups in total. The van der Waals surface area contributed by atoms with Gasteiger partial charge in [-0.15, -0.1) is 0 Å². The van der Waals surface area contributed by atoms with Crippen molar-refractivity contribution in [3.05, 3.63) is 63.6 Å². The Bertz CT molecular complexity index is 636. The highest BCUT2D eigenvalue weighted by Crippen LogP contribution is 2.19. The lowest BCUT2D eigenvalue weighted by Crippen LogP contribution is -2.27. The topological polar surface area (TPSA) is 49.3 Å². The molecule has 0 heterocycles. The molecule has 0 aromatic heterocycles. The number of rotatable bonds is 4. The van der Waals surface area contributed by atoms with Gasteiger partial charge in [-0.25, -0.2) is 8.78 Å². The SMILES string of the molecule is O=C(NCCc1ccc(O)cc1)c1c(F)cc(Br)cc1F. The van der Waals surface area contributed by atoms with Crippen molar-refractivity contribution in [2.24, 2.45) is 0 Å². The molecule has 21 heavy (non-hydrogen) atoms. The predicted octanol–water partition coefficient (Wildman–Crippen LogP) is 3.41. The monoisotopic (exact) mass is 355 g/mol. The summed E-state index contributed by atoms with van der Waals surface area (Å²) in [6.45, 7) is 0.235. The molecule has 2 aromatic carbocycles. The molecule has 6 heteroatoms. The molecule has 0 aliphatic carbocycles. The fraction of sp³-hybridized carbons (Fsp3) is 0.133. The summed E-state index contributed by atoms with van der Waals surface area (Å²) in [6, 6.07) is 8.57. The maximum absolute atomic E-state index is 13.6. The first kappa shape index (κ1) is 15.4. The van der Waals surface area contributed by atoms with Crippen LogP contribution in [0.5, 0.6) is 5.75 Å². The Morgan fingerprint density at radius 2 is 1.71 bits per heavy atom. The van der Waals surface area contributed by atoms with Crippen LogP contribution in [0, 0.1) is 11.6 Å². The van der Waals surface area contributed by atoms with Gasteiger partial charge in [0.2, 0.25) is 0 Å². The van der Waals surface area contributed by atoms with Crippen LogP contribution in [0.2, 0.25) is 0 Å². The van der Waals surface area contributed by atoms with Gasteiger partial charge in [-0.3, -0.25) is 4.79 Å². The Hall–Kier alpha value is -1.95. The van der Waals surface area contributed by atoms with E-state index in [0.717, 1.165) is 17.7 Å². The van der Waals surface area contributed by atoms with Gasteiger partial charge >= 0.3 is 0 Å². The second kappa shape index (κ2) is 6.67. The van der Waals surface area contributed by atoms with Crippen LogP contribution >= 0.6 is 15.9 Å². The lowest BCUT2D eigenvalue weighted by molar-refractivity contribution is 0.0945. The fourth-order valence-corrected chi connectivity index (χ4v) is 2.23. The molecule has 0 saturated heterocycles. The van der Waals surface area contributed by atoms with Crippen LogP contribution in [0.15, 0.2) is 40.9 Å². The largest absolute Gasteiger partial charge is 0.508 e. The molecular formula is C15H12BrF2NO2. The molecule has 0 aliphatic rings. The van der Waals surface area contributed by atoms with Crippen LogP contribution in [0.1, 0.15) is 15.9 Å². The fourth-order valence-electron chi connectivity index (χ4n) is 1.83. The smallest absolute Gasteiger partial charge is 0.257 e. The van der Waals surface area contributed by atoms with E-state index < -0.39 is 23.1 Å². The van der Waals surface area contributed by atoms with E-state index in [0.29, 0.717) is 6.42 Å². The second-order valence-corrected chi connectivity index (χ2v) is 5.33. The van der Waals surface area contributed by atoms with Crippen LogP contribution in [-0.2, 0) is 6.42 Å². The summed E-state index contributed by atoms with van der Waals surface area (Å²) >= 11 is 2.95. The predicted molar refractivity (Wildman–Crippen MR) is 78.2 cm³/mol. The van der Waals surface area contributed by atoms with Crippen molar-refractivity contribution in [2.75, 3.05) is 6.54 Å². The number of nitrogens with one attached hydrogen (secondary N) is 1. The molecule has 0 saturated carbocycles. The number of amides is 1. The molecule has 0 unspecified atom stereocenters. The molecule has 0 spiro atoms. The van der Waals surface area contributed by atoms with Crippen molar-refractivity contribution in [3.8, 4) is 5.75 Å². The van der Waals surface area contributed by atoms with E-state index >= 15 is 0 Å². The van der Waals surface area contributed by atoms with Gasteiger partial charge in [0.25, 0.3) is 5.91 Å².